The number of piperazine rings is 1. The first-order valence-corrected chi connectivity index (χ1v) is 14.1. The Hall–Kier alpha value is -2.24. The van der Waals surface area contributed by atoms with Gasteiger partial charge in [0.1, 0.15) is 5.82 Å². The van der Waals surface area contributed by atoms with Crippen LogP contribution in [0.5, 0.6) is 0 Å². The van der Waals surface area contributed by atoms with Crippen molar-refractivity contribution in [3.8, 4) is 0 Å². The third-order valence-corrected chi connectivity index (χ3v) is 9.07. The molecule has 3 aliphatic heterocycles. The molecule has 4 rings (SSSR count). The Morgan fingerprint density at radius 1 is 1.11 bits per heavy atom. The molecule has 3 saturated heterocycles. The molecule has 0 aromatic heterocycles. The summed E-state index contributed by atoms with van der Waals surface area (Å²) in [4.78, 5) is 31.7. The van der Waals surface area contributed by atoms with Crippen LogP contribution in [0.25, 0.3) is 0 Å². The standard InChI is InChI=1S/C24H36FN5O4S/c1-27(35(2,33)34)18-22(31)30-11-8-24(9-12-30)17-20(26-23(24)32)7-10-28-13-15-29(16-14-28)21-5-3-19(25)4-6-21/h3-6,20H,7-18H2,1-2H3,(H,26,32)/t20-/m0/s1. The highest BCUT2D eigenvalue weighted by molar-refractivity contribution is 7.88. The van der Waals surface area contributed by atoms with Gasteiger partial charge in [-0.15, -0.1) is 0 Å². The van der Waals surface area contributed by atoms with Crippen LogP contribution in [0.15, 0.2) is 24.3 Å². The number of rotatable bonds is 7. The average molecular weight is 510 g/mol. The lowest BCUT2D eigenvalue weighted by atomic mass is 9.75. The van der Waals surface area contributed by atoms with Crippen molar-refractivity contribution in [1.29, 1.82) is 0 Å². The Kier molecular flexibility index (Phi) is 7.68. The van der Waals surface area contributed by atoms with Gasteiger partial charge in [0.25, 0.3) is 0 Å². The van der Waals surface area contributed by atoms with Gasteiger partial charge in [-0.2, -0.15) is 4.31 Å². The zero-order valence-corrected chi connectivity index (χ0v) is 21.4. The van der Waals surface area contributed by atoms with Crippen molar-refractivity contribution in [2.24, 2.45) is 5.41 Å². The van der Waals surface area contributed by atoms with Crippen LogP contribution in [0.4, 0.5) is 10.1 Å². The van der Waals surface area contributed by atoms with Gasteiger partial charge in [-0.1, -0.05) is 0 Å². The van der Waals surface area contributed by atoms with E-state index in [4.69, 9.17) is 0 Å². The van der Waals surface area contributed by atoms with Crippen LogP contribution in [0.3, 0.4) is 0 Å². The van der Waals surface area contributed by atoms with Crippen LogP contribution in [0, 0.1) is 11.2 Å². The molecule has 2 amide bonds. The van der Waals surface area contributed by atoms with E-state index in [-0.39, 0.29) is 30.2 Å². The van der Waals surface area contributed by atoms with Crippen molar-refractivity contribution in [2.45, 2.75) is 31.7 Å². The number of likely N-dealkylation sites (tertiary alicyclic amines) is 1. The number of likely N-dealkylation sites (N-methyl/N-ethyl adjacent to an activating group) is 1. The van der Waals surface area contributed by atoms with Crippen molar-refractivity contribution < 1.29 is 22.4 Å². The average Bonchev–Trinajstić information content (AvgIpc) is 3.13. The van der Waals surface area contributed by atoms with Crippen LogP contribution in [-0.2, 0) is 19.6 Å². The summed E-state index contributed by atoms with van der Waals surface area (Å²) < 4.78 is 37.4. The first-order valence-electron chi connectivity index (χ1n) is 12.3. The minimum atomic E-state index is -3.41. The number of nitrogens with zero attached hydrogens (tertiary/aromatic N) is 4. The lowest BCUT2D eigenvalue weighted by molar-refractivity contribution is -0.138. The number of anilines is 1. The normalized spacial score (nSPS) is 23.2. The van der Waals surface area contributed by atoms with E-state index in [1.54, 1.807) is 4.90 Å². The van der Waals surface area contributed by atoms with Crippen molar-refractivity contribution >= 4 is 27.5 Å². The van der Waals surface area contributed by atoms with Gasteiger partial charge in [-0.05, 0) is 49.9 Å². The molecule has 1 aromatic rings. The molecule has 3 aliphatic rings. The molecule has 0 unspecified atom stereocenters. The van der Waals surface area contributed by atoms with E-state index < -0.39 is 15.4 Å². The maximum absolute atomic E-state index is 13.2. The van der Waals surface area contributed by atoms with E-state index in [9.17, 15) is 22.4 Å². The molecule has 0 saturated carbocycles. The molecule has 1 atom stereocenters. The van der Waals surface area contributed by atoms with Gasteiger partial charge in [-0.3, -0.25) is 14.5 Å². The van der Waals surface area contributed by atoms with E-state index in [0.29, 0.717) is 25.9 Å². The summed E-state index contributed by atoms with van der Waals surface area (Å²) in [5.74, 6) is -0.355. The number of hydrogen-bond acceptors (Lipinski definition) is 6. The SMILES string of the molecule is CN(CC(=O)N1CCC2(CC1)C[C@H](CCN1CCN(c3ccc(F)cc3)CC1)NC2=O)S(C)(=O)=O. The number of benzene rings is 1. The Morgan fingerprint density at radius 3 is 2.34 bits per heavy atom. The first kappa shape index (κ1) is 25.8. The molecule has 9 nitrogen and oxygen atoms in total. The Morgan fingerprint density at radius 2 is 1.74 bits per heavy atom. The van der Waals surface area contributed by atoms with Crippen LogP contribution < -0.4 is 10.2 Å². The van der Waals surface area contributed by atoms with Crippen molar-refractivity contribution in [3.63, 3.8) is 0 Å². The van der Waals surface area contributed by atoms with Crippen LogP contribution in [0.2, 0.25) is 0 Å². The number of carbonyl (C=O) groups is 2. The molecule has 3 heterocycles. The smallest absolute Gasteiger partial charge is 0.237 e. The minimum absolute atomic E-state index is 0.0870. The summed E-state index contributed by atoms with van der Waals surface area (Å²) >= 11 is 0. The van der Waals surface area contributed by atoms with Crippen LogP contribution in [0.1, 0.15) is 25.7 Å². The predicted molar refractivity (Wildman–Crippen MR) is 132 cm³/mol. The topological polar surface area (TPSA) is 93.3 Å². The molecule has 1 spiro atoms. The number of halogens is 1. The highest BCUT2D eigenvalue weighted by Crippen LogP contribution is 2.41. The van der Waals surface area contributed by atoms with Crippen LogP contribution >= 0.6 is 0 Å². The summed E-state index contributed by atoms with van der Waals surface area (Å²) in [7, 11) is -2.01. The Labute approximate surface area is 207 Å². The predicted octanol–water partition coefficient (Wildman–Crippen LogP) is 0.727. The summed E-state index contributed by atoms with van der Waals surface area (Å²) in [6.07, 6.45) is 3.98. The van der Waals surface area contributed by atoms with Crippen molar-refractivity contribution in [2.75, 3.05) is 70.6 Å². The summed E-state index contributed by atoms with van der Waals surface area (Å²) in [6.45, 7) is 5.35. The zero-order chi connectivity index (χ0) is 25.2. The summed E-state index contributed by atoms with van der Waals surface area (Å²) in [5, 5.41) is 3.19. The lowest BCUT2D eigenvalue weighted by Gasteiger charge is -2.38. The number of sulfonamides is 1. The zero-order valence-electron chi connectivity index (χ0n) is 20.6. The van der Waals surface area contributed by atoms with Crippen LogP contribution in [-0.4, -0.2) is 106 Å². The van der Waals surface area contributed by atoms with Crippen molar-refractivity contribution in [1.82, 2.24) is 19.4 Å². The van der Waals surface area contributed by atoms with Gasteiger partial charge in [-0.25, -0.2) is 12.8 Å². The van der Waals surface area contributed by atoms with Crippen molar-refractivity contribution in [3.05, 3.63) is 30.1 Å². The highest BCUT2D eigenvalue weighted by atomic mass is 32.2. The molecule has 0 radical (unpaired) electrons. The van der Waals surface area contributed by atoms with E-state index in [1.807, 2.05) is 12.1 Å². The molecular formula is C24H36FN5O4S. The fraction of sp³-hybridized carbons (Fsp3) is 0.667. The van der Waals surface area contributed by atoms with E-state index in [2.05, 4.69) is 15.1 Å². The second kappa shape index (κ2) is 10.4. The second-order valence-corrected chi connectivity index (χ2v) is 12.2. The quantitative estimate of drug-likeness (QED) is 0.583. The maximum atomic E-state index is 13.2. The Bertz CT molecular complexity index is 1020. The van der Waals surface area contributed by atoms with Gasteiger partial charge in [0.15, 0.2) is 0 Å². The Balaban J connectivity index is 1.20. The third kappa shape index (κ3) is 6.13. The lowest BCUT2D eigenvalue weighted by Crippen LogP contribution is -2.48. The number of piperidine rings is 1. The minimum Gasteiger partial charge on any atom is -0.369 e. The van der Waals surface area contributed by atoms with Gasteiger partial charge in [0, 0.05) is 64.6 Å². The number of carbonyl (C=O) groups excluding carboxylic acids is 2. The fourth-order valence-electron chi connectivity index (χ4n) is 5.37. The maximum Gasteiger partial charge on any atom is 0.237 e. The van der Waals surface area contributed by atoms with Gasteiger partial charge in [0.05, 0.1) is 18.2 Å². The molecule has 1 N–H and O–H groups in total. The number of nitrogens with one attached hydrogen (secondary N) is 1. The van der Waals surface area contributed by atoms with Gasteiger partial charge < -0.3 is 15.1 Å². The summed E-state index contributed by atoms with van der Waals surface area (Å²) in [6, 6.07) is 6.77. The number of amides is 2. The highest BCUT2D eigenvalue weighted by Gasteiger charge is 2.48. The van der Waals surface area contributed by atoms with E-state index >= 15 is 0 Å². The summed E-state index contributed by atoms with van der Waals surface area (Å²) in [5.41, 5.74) is 0.620. The molecular weight excluding hydrogens is 473 g/mol. The molecule has 194 valence electrons. The number of hydrogen-bond donors (Lipinski definition) is 1. The molecule has 0 bridgehead atoms. The fourth-order valence-corrected chi connectivity index (χ4v) is 5.72. The third-order valence-electron chi connectivity index (χ3n) is 7.81. The molecule has 0 aliphatic carbocycles. The first-order chi connectivity index (χ1) is 16.6. The molecule has 11 heteroatoms. The van der Waals surface area contributed by atoms with Gasteiger partial charge >= 0.3 is 0 Å². The second-order valence-electron chi connectivity index (χ2n) is 10.1. The molecule has 1 aromatic carbocycles. The van der Waals surface area contributed by atoms with E-state index in [1.165, 1.54) is 19.2 Å². The largest absolute Gasteiger partial charge is 0.369 e. The molecule has 35 heavy (non-hydrogen) atoms. The monoisotopic (exact) mass is 509 g/mol. The molecule has 3 fully saturated rings. The van der Waals surface area contributed by atoms with E-state index in [0.717, 1.165) is 61.8 Å². The van der Waals surface area contributed by atoms with Gasteiger partial charge in [0.2, 0.25) is 21.8 Å².